The average Bonchev–Trinajstić information content (AvgIpc) is 3.04. The fraction of sp³-hybridized carbons (Fsp3) is 0.643. The highest BCUT2D eigenvalue weighted by atomic mass is 32.1. The van der Waals surface area contributed by atoms with Crippen molar-refractivity contribution in [3.8, 4) is 0 Å². The summed E-state index contributed by atoms with van der Waals surface area (Å²) in [5, 5.41) is 7.83. The molecule has 1 aromatic heterocycles. The first kappa shape index (κ1) is 13.5. The highest BCUT2D eigenvalue weighted by molar-refractivity contribution is 7.11. The summed E-state index contributed by atoms with van der Waals surface area (Å²) in [4.78, 5) is 23.0. The Bertz CT molecular complexity index is 515. The fourth-order valence-electron chi connectivity index (χ4n) is 2.56. The standard InChI is InChI=1S/C14H19N3O2S/c1-9-8-11(19-17-9)14(18)15-7-6-13-16-10-4-2-3-5-12(10)20-13/h11H,2-8H2,1H3,(H,15,18). The van der Waals surface area contributed by atoms with Crippen LogP contribution < -0.4 is 5.32 Å². The van der Waals surface area contributed by atoms with Gasteiger partial charge in [0.15, 0.2) is 0 Å². The van der Waals surface area contributed by atoms with E-state index in [0.29, 0.717) is 13.0 Å². The first-order valence-electron chi connectivity index (χ1n) is 7.17. The van der Waals surface area contributed by atoms with Gasteiger partial charge in [-0.05, 0) is 32.6 Å². The molecule has 1 aromatic rings. The third-order valence-electron chi connectivity index (χ3n) is 3.64. The fourth-order valence-corrected chi connectivity index (χ4v) is 3.71. The number of carbonyl (C=O) groups is 1. The van der Waals surface area contributed by atoms with Crippen LogP contribution in [0.4, 0.5) is 0 Å². The van der Waals surface area contributed by atoms with Crippen molar-refractivity contribution in [3.63, 3.8) is 0 Å². The highest BCUT2D eigenvalue weighted by Crippen LogP contribution is 2.26. The molecule has 0 aromatic carbocycles. The van der Waals surface area contributed by atoms with Crippen molar-refractivity contribution < 1.29 is 9.63 Å². The average molecular weight is 293 g/mol. The number of carbonyl (C=O) groups excluding carboxylic acids is 1. The lowest BCUT2D eigenvalue weighted by Crippen LogP contribution is -2.35. The normalized spacial score (nSPS) is 21.1. The summed E-state index contributed by atoms with van der Waals surface area (Å²) in [5.74, 6) is -0.0769. The molecule has 108 valence electrons. The molecule has 1 atom stereocenters. The van der Waals surface area contributed by atoms with Gasteiger partial charge in [0.2, 0.25) is 6.10 Å². The van der Waals surface area contributed by atoms with E-state index < -0.39 is 6.10 Å². The van der Waals surface area contributed by atoms with Crippen LogP contribution in [0.25, 0.3) is 0 Å². The lowest BCUT2D eigenvalue weighted by molar-refractivity contribution is -0.131. The van der Waals surface area contributed by atoms with Crippen LogP contribution in [0.2, 0.25) is 0 Å². The number of amides is 1. The van der Waals surface area contributed by atoms with E-state index in [1.165, 1.54) is 29.8 Å². The lowest BCUT2D eigenvalue weighted by Gasteiger charge is -2.08. The third-order valence-corrected chi connectivity index (χ3v) is 4.85. The summed E-state index contributed by atoms with van der Waals surface area (Å²) in [6, 6.07) is 0. The predicted octanol–water partition coefficient (Wildman–Crippen LogP) is 1.85. The number of aromatic nitrogens is 1. The molecule has 20 heavy (non-hydrogen) atoms. The maximum atomic E-state index is 11.8. The second kappa shape index (κ2) is 5.91. The Kier molecular flexibility index (Phi) is 4.00. The van der Waals surface area contributed by atoms with E-state index in [0.717, 1.165) is 23.6 Å². The van der Waals surface area contributed by atoms with Crippen LogP contribution in [0.5, 0.6) is 0 Å². The molecule has 3 rings (SSSR count). The molecule has 1 amide bonds. The molecule has 0 bridgehead atoms. The smallest absolute Gasteiger partial charge is 0.264 e. The van der Waals surface area contributed by atoms with Crippen molar-refractivity contribution in [2.24, 2.45) is 5.16 Å². The Morgan fingerprint density at radius 1 is 1.45 bits per heavy atom. The molecule has 1 N–H and O–H groups in total. The second-order valence-corrected chi connectivity index (χ2v) is 6.52. The van der Waals surface area contributed by atoms with Gasteiger partial charge in [-0.15, -0.1) is 11.3 Å². The minimum atomic E-state index is -0.445. The van der Waals surface area contributed by atoms with Crippen LogP contribution in [-0.4, -0.2) is 29.3 Å². The topological polar surface area (TPSA) is 63.6 Å². The lowest BCUT2D eigenvalue weighted by atomic mass is 10.0. The molecule has 6 heteroatoms. The summed E-state index contributed by atoms with van der Waals surface area (Å²) in [5.41, 5.74) is 2.16. The molecule has 2 heterocycles. The van der Waals surface area contributed by atoms with E-state index in [9.17, 15) is 4.79 Å². The Balaban J connectivity index is 1.45. The van der Waals surface area contributed by atoms with E-state index in [-0.39, 0.29) is 5.91 Å². The van der Waals surface area contributed by atoms with Gasteiger partial charge in [0.05, 0.1) is 16.4 Å². The first-order chi connectivity index (χ1) is 9.72. The van der Waals surface area contributed by atoms with E-state index in [1.54, 1.807) is 11.3 Å². The van der Waals surface area contributed by atoms with Crippen LogP contribution in [0.15, 0.2) is 5.16 Å². The van der Waals surface area contributed by atoms with Crippen LogP contribution >= 0.6 is 11.3 Å². The van der Waals surface area contributed by atoms with Crippen molar-refractivity contribution in [2.45, 2.75) is 51.6 Å². The Morgan fingerprint density at radius 2 is 2.30 bits per heavy atom. The minimum absolute atomic E-state index is 0.0769. The van der Waals surface area contributed by atoms with Crippen molar-refractivity contribution in [2.75, 3.05) is 6.54 Å². The number of nitrogens with one attached hydrogen (secondary N) is 1. The molecule has 2 aliphatic rings. The first-order valence-corrected chi connectivity index (χ1v) is 7.98. The van der Waals surface area contributed by atoms with Gasteiger partial charge in [-0.25, -0.2) is 4.98 Å². The third kappa shape index (κ3) is 3.00. The summed E-state index contributed by atoms with van der Waals surface area (Å²) in [6.07, 6.45) is 5.78. The number of aryl methyl sites for hydroxylation is 2. The monoisotopic (exact) mass is 293 g/mol. The molecule has 0 spiro atoms. The SMILES string of the molecule is CC1=NOC(C(=O)NCCc2nc3c(s2)CCCC3)C1. The van der Waals surface area contributed by atoms with E-state index in [2.05, 4.69) is 15.5 Å². The molecule has 5 nitrogen and oxygen atoms in total. The summed E-state index contributed by atoms with van der Waals surface area (Å²) in [6.45, 7) is 2.48. The molecule has 0 fully saturated rings. The number of oxime groups is 1. The number of nitrogens with zero attached hydrogens (tertiary/aromatic N) is 2. The zero-order chi connectivity index (χ0) is 13.9. The highest BCUT2D eigenvalue weighted by Gasteiger charge is 2.25. The second-order valence-electron chi connectivity index (χ2n) is 5.35. The van der Waals surface area contributed by atoms with Crippen molar-refractivity contribution >= 4 is 23.0 Å². The van der Waals surface area contributed by atoms with Gasteiger partial charge in [0, 0.05) is 24.3 Å². The van der Waals surface area contributed by atoms with Gasteiger partial charge in [0.25, 0.3) is 5.91 Å². The molecule has 0 radical (unpaired) electrons. The summed E-state index contributed by atoms with van der Waals surface area (Å²) >= 11 is 1.80. The Morgan fingerprint density at radius 3 is 3.05 bits per heavy atom. The van der Waals surface area contributed by atoms with E-state index >= 15 is 0 Å². The van der Waals surface area contributed by atoms with Gasteiger partial charge in [-0.2, -0.15) is 0 Å². The number of fused-ring (bicyclic) bond motifs is 1. The van der Waals surface area contributed by atoms with Crippen LogP contribution in [-0.2, 0) is 28.9 Å². The van der Waals surface area contributed by atoms with Gasteiger partial charge < -0.3 is 10.2 Å². The maximum absolute atomic E-state index is 11.8. The number of thiazole rings is 1. The quantitative estimate of drug-likeness (QED) is 0.921. The molecular formula is C14H19N3O2S. The van der Waals surface area contributed by atoms with Crippen molar-refractivity contribution in [3.05, 3.63) is 15.6 Å². The zero-order valence-corrected chi connectivity index (χ0v) is 12.5. The van der Waals surface area contributed by atoms with E-state index in [4.69, 9.17) is 4.84 Å². The van der Waals surface area contributed by atoms with Gasteiger partial charge >= 0.3 is 0 Å². The number of hydrogen-bond donors (Lipinski definition) is 1. The zero-order valence-electron chi connectivity index (χ0n) is 11.6. The summed E-state index contributed by atoms with van der Waals surface area (Å²) in [7, 11) is 0. The van der Waals surface area contributed by atoms with Crippen molar-refractivity contribution in [1.82, 2.24) is 10.3 Å². The van der Waals surface area contributed by atoms with Gasteiger partial charge in [-0.3, -0.25) is 4.79 Å². The molecule has 0 saturated carbocycles. The molecule has 1 unspecified atom stereocenters. The molecular weight excluding hydrogens is 274 g/mol. The number of hydrogen-bond acceptors (Lipinski definition) is 5. The largest absolute Gasteiger partial charge is 0.382 e. The minimum Gasteiger partial charge on any atom is -0.382 e. The van der Waals surface area contributed by atoms with Crippen LogP contribution in [0.1, 0.15) is 41.8 Å². The van der Waals surface area contributed by atoms with Crippen LogP contribution in [0, 0.1) is 0 Å². The Labute approximate surface area is 122 Å². The predicted molar refractivity (Wildman–Crippen MR) is 78.1 cm³/mol. The molecule has 0 saturated heterocycles. The van der Waals surface area contributed by atoms with Crippen LogP contribution in [0.3, 0.4) is 0 Å². The maximum Gasteiger partial charge on any atom is 0.264 e. The Hall–Kier alpha value is -1.43. The summed E-state index contributed by atoms with van der Waals surface area (Å²) < 4.78 is 0. The van der Waals surface area contributed by atoms with Gasteiger partial charge in [-0.1, -0.05) is 5.16 Å². The molecule has 1 aliphatic carbocycles. The molecule has 1 aliphatic heterocycles. The van der Waals surface area contributed by atoms with E-state index in [1.807, 2.05) is 6.92 Å². The van der Waals surface area contributed by atoms with Crippen molar-refractivity contribution in [1.29, 1.82) is 0 Å². The van der Waals surface area contributed by atoms with Gasteiger partial charge in [0.1, 0.15) is 0 Å². The number of rotatable bonds is 4.